The zero-order chi connectivity index (χ0) is 25.8. The number of hydrogen-bond donors (Lipinski definition) is 0. The van der Waals surface area contributed by atoms with Gasteiger partial charge >= 0.3 is 5.97 Å². The Bertz CT molecular complexity index is 1260. The van der Waals surface area contributed by atoms with Gasteiger partial charge in [-0.2, -0.15) is 8.78 Å². The van der Waals surface area contributed by atoms with E-state index >= 15 is 0 Å². The Labute approximate surface area is 207 Å². The van der Waals surface area contributed by atoms with Gasteiger partial charge in [-0.25, -0.2) is 13.6 Å². The third-order valence-electron chi connectivity index (χ3n) is 6.60. The van der Waals surface area contributed by atoms with E-state index < -0.39 is 35.0 Å². The van der Waals surface area contributed by atoms with Crippen LogP contribution < -0.4 is 9.47 Å². The van der Waals surface area contributed by atoms with E-state index in [1.54, 1.807) is 6.92 Å². The lowest BCUT2D eigenvalue weighted by atomic mass is 9.78. The maximum absolute atomic E-state index is 14.8. The van der Waals surface area contributed by atoms with Crippen molar-refractivity contribution in [3.63, 3.8) is 0 Å². The lowest BCUT2D eigenvalue weighted by molar-refractivity contribution is 0.0726. The standard InChI is InChI=1S/C29H26F4O3/c1-3-17-5-7-18(8-6-17)22-14-16-24(28(33)26(22)31)36-29(34)20-11-9-19(10-12-20)21-13-15-23(35-4-2)27(32)25(21)30/h3,9-18H,1,4-8H2,2H3. The van der Waals surface area contributed by atoms with Gasteiger partial charge in [-0.05, 0) is 85.9 Å². The molecule has 7 heteroatoms. The molecule has 188 valence electrons. The minimum atomic E-state index is -1.21. The highest BCUT2D eigenvalue weighted by Crippen LogP contribution is 2.39. The molecule has 0 aliphatic heterocycles. The molecule has 0 radical (unpaired) electrons. The van der Waals surface area contributed by atoms with Gasteiger partial charge in [0.05, 0.1) is 12.2 Å². The zero-order valence-electron chi connectivity index (χ0n) is 19.8. The molecule has 0 aromatic heterocycles. The molecular formula is C29H26F4O3. The largest absolute Gasteiger partial charge is 0.491 e. The summed E-state index contributed by atoms with van der Waals surface area (Å²) in [6.45, 7) is 5.65. The highest BCUT2D eigenvalue weighted by Gasteiger charge is 2.26. The summed E-state index contributed by atoms with van der Waals surface area (Å²) >= 11 is 0. The van der Waals surface area contributed by atoms with Gasteiger partial charge in [-0.1, -0.05) is 24.3 Å². The fourth-order valence-electron chi connectivity index (χ4n) is 4.57. The number of benzene rings is 3. The Morgan fingerprint density at radius 1 is 0.861 bits per heavy atom. The Balaban J connectivity index is 1.48. The molecule has 0 unspecified atom stereocenters. The van der Waals surface area contributed by atoms with E-state index in [2.05, 4.69) is 6.58 Å². The maximum atomic E-state index is 14.8. The Kier molecular flexibility index (Phi) is 7.77. The minimum Gasteiger partial charge on any atom is -0.491 e. The molecule has 0 amide bonds. The van der Waals surface area contributed by atoms with Gasteiger partial charge in [-0.3, -0.25) is 0 Å². The van der Waals surface area contributed by atoms with Gasteiger partial charge in [-0.15, -0.1) is 6.58 Å². The lowest BCUT2D eigenvalue weighted by Gasteiger charge is -2.27. The summed E-state index contributed by atoms with van der Waals surface area (Å²) < 4.78 is 68.4. The molecule has 0 saturated heterocycles. The molecule has 3 aromatic rings. The van der Waals surface area contributed by atoms with E-state index in [9.17, 15) is 22.4 Å². The summed E-state index contributed by atoms with van der Waals surface area (Å²) in [5, 5.41) is 0. The molecule has 1 aliphatic rings. The van der Waals surface area contributed by atoms with Crippen LogP contribution >= 0.6 is 0 Å². The minimum absolute atomic E-state index is 0.0123. The first-order chi connectivity index (χ1) is 17.3. The topological polar surface area (TPSA) is 35.5 Å². The Morgan fingerprint density at radius 3 is 2.14 bits per heavy atom. The molecule has 36 heavy (non-hydrogen) atoms. The van der Waals surface area contributed by atoms with Crippen molar-refractivity contribution < 1.29 is 31.8 Å². The van der Waals surface area contributed by atoms with Crippen molar-refractivity contribution in [1.29, 1.82) is 0 Å². The number of rotatable bonds is 7. The average molecular weight is 499 g/mol. The van der Waals surface area contributed by atoms with Crippen LogP contribution in [-0.2, 0) is 0 Å². The van der Waals surface area contributed by atoms with E-state index in [1.807, 2.05) is 6.08 Å². The van der Waals surface area contributed by atoms with E-state index in [-0.39, 0.29) is 35.0 Å². The second-order valence-corrected chi connectivity index (χ2v) is 8.77. The predicted octanol–water partition coefficient (Wildman–Crippen LogP) is 7.99. The summed E-state index contributed by atoms with van der Waals surface area (Å²) in [4.78, 5) is 12.5. The van der Waals surface area contributed by atoms with Crippen LogP contribution in [0, 0.1) is 29.2 Å². The molecule has 1 aliphatic carbocycles. The predicted molar refractivity (Wildman–Crippen MR) is 129 cm³/mol. The normalized spacial score (nSPS) is 17.5. The van der Waals surface area contributed by atoms with Crippen molar-refractivity contribution in [3.8, 4) is 22.6 Å². The fourth-order valence-corrected chi connectivity index (χ4v) is 4.57. The average Bonchev–Trinajstić information content (AvgIpc) is 2.90. The van der Waals surface area contributed by atoms with Gasteiger partial charge in [0.1, 0.15) is 0 Å². The monoisotopic (exact) mass is 498 g/mol. The van der Waals surface area contributed by atoms with Crippen LogP contribution in [0.15, 0.2) is 61.2 Å². The van der Waals surface area contributed by atoms with Crippen LogP contribution in [0.2, 0.25) is 0 Å². The second kappa shape index (κ2) is 11.0. The number of carbonyl (C=O) groups is 1. The number of ether oxygens (including phenoxy) is 2. The SMILES string of the molecule is C=CC1CCC(c2ccc(OC(=O)c3ccc(-c4ccc(OCC)c(F)c4F)cc3)c(F)c2F)CC1. The first kappa shape index (κ1) is 25.5. The summed E-state index contributed by atoms with van der Waals surface area (Å²) in [7, 11) is 0. The van der Waals surface area contributed by atoms with Crippen LogP contribution in [0.5, 0.6) is 11.5 Å². The molecule has 0 spiro atoms. The van der Waals surface area contributed by atoms with E-state index in [1.165, 1.54) is 48.5 Å². The highest BCUT2D eigenvalue weighted by atomic mass is 19.2. The van der Waals surface area contributed by atoms with Gasteiger partial charge in [0.25, 0.3) is 0 Å². The zero-order valence-corrected chi connectivity index (χ0v) is 19.8. The quantitative estimate of drug-likeness (QED) is 0.143. The summed E-state index contributed by atoms with van der Waals surface area (Å²) in [6, 6.07) is 10.9. The van der Waals surface area contributed by atoms with Crippen molar-refractivity contribution in [3.05, 3.63) is 95.6 Å². The fraction of sp³-hybridized carbons (Fsp3) is 0.276. The molecule has 0 heterocycles. The summed E-state index contributed by atoms with van der Waals surface area (Å²) in [5.41, 5.74) is 0.626. The van der Waals surface area contributed by atoms with Crippen LogP contribution in [0.4, 0.5) is 17.6 Å². The van der Waals surface area contributed by atoms with Gasteiger partial charge in [0, 0.05) is 5.56 Å². The summed E-state index contributed by atoms with van der Waals surface area (Å²) in [6.07, 6.45) is 5.11. The molecule has 0 bridgehead atoms. The van der Waals surface area contributed by atoms with Crippen LogP contribution in [0.3, 0.4) is 0 Å². The maximum Gasteiger partial charge on any atom is 0.343 e. The van der Waals surface area contributed by atoms with Crippen molar-refractivity contribution in [1.82, 2.24) is 0 Å². The van der Waals surface area contributed by atoms with Crippen LogP contribution in [0.1, 0.15) is 54.4 Å². The molecule has 1 saturated carbocycles. The lowest BCUT2D eigenvalue weighted by Crippen LogP contribution is -2.14. The van der Waals surface area contributed by atoms with Crippen molar-refractivity contribution in [2.24, 2.45) is 5.92 Å². The van der Waals surface area contributed by atoms with E-state index in [0.29, 0.717) is 11.5 Å². The van der Waals surface area contributed by atoms with Crippen molar-refractivity contribution >= 4 is 5.97 Å². The number of carbonyl (C=O) groups excluding carboxylic acids is 1. The first-order valence-corrected chi connectivity index (χ1v) is 11.9. The van der Waals surface area contributed by atoms with E-state index in [4.69, 9.17) is 9.47 Å². The highest BCUT2D eigenvalue weighted by molar-refractivity contribution is 5.91. The number of hydrogen-bond acceptors (Lipinski definition) is 3. The van der Waals surface area contributed by atoms with Crippen molar-refractivity contribution in [2.75, 3.05) is 6.61 Å². The molecular weight excluding hydrogens is 472 g/mol. The summed E-state index contributed by atoms with van der Waals surface area (Å²) in [5.74, 6) is -5.71. The Hall–Kier alpha value is -3.61. The molecule has 3 aromatic carbocycles. The smallest absolute Gasteiger partial charge is 0.343 e. The molecule has 0 N–H and O–H groups in total. The molecule has 1 fully saturated rings. The number of allylic oxidation sites excluding steroid dienone is 1. The molecule has 4 rings (SSSR count). The number of halogens is 4. The molecule has 3 nitrogen and oxygen atoms in total. The second-order valence-electron chi connectivity index (χ2n) is 8.77. The molecule has 0 atom stereocenters. The third-order valence-corrected chi connectivity index (χ3v) is 6.60. The first-order valence-electron chi connectivity index (χ1n) is 11.9. The van der Waals surface area contributed by atoms with Crippen LogP contribution in [0.25, 0.3) is 11.1 Å². The number of esters is 1. The van der Waals surface area contributed by atoms with Gasteiger partial charge in [0.2, 0.25) is 11.6 Å². The van der Waals surface area contributed by atoms with Crippen LogP contribution in [-0.4, -0.2) is 12.6 Å². The Morgan fingerprint density at radius 2 is 1.50 bits per heavy atom. The third kappa shape index (κ3) is 5.15. The van der Waals surface area contributed by atoms with Gasteiger partial charge < -0.3 is 9.47 Å². The van der Waals surface area contributed by atoms with E-state index in [0.717, 1.165) is 25.7 Å². The van der Waals surface area contributed by atoms with Gasteiger partial charge in [0.15, 0.2) is 23.1 Å². The van der Waals surface area contributed by atoms with Crippen molar-refractivity contribution in [2.45, 2.75) is 38.5 Å².